The molecule has 0 heterocycles. The second kappa shape index (κ2) is 2.88. The minimum absolute atomic E-state index is 0.306. The molecule has 3 heteroatoms. The summed E-state index contributed by atoms with van der Waals surface area (Å²) in [6.07, 6.45) is 0. The summed E-state index contributed by atoms with van der Waals surface area (Å²) in [4.78, 5) is 0. The number of ether oxygens (including phenoxy) is 1. The quantitative estimate of drug-likeness (QED) is 0.660. The monoisotopic (exact) mass is 156 g/mol. The van der Waals surface area contributed by atoms with E-state index < -0.39 is 6.04 Å². The molecule has 0 amide bonds. The fourth-order valence-corrected chi connectivity index (χ4v) is 0.704. The van der Waals surface area contributed by atoms with E-state index in [9.17, 15) is 4.39 Å². The van der Waals surface area contributed by atoms with Crippen molar-refractivity contribution in [2.24, 2.45) is 0 Å². The van der Waals surface area contributed by atoms with Gasteiger partial charge in [-0.1, -0.05) is 18.2 Å². The average Bonchev–Trinajstić information content (AvgIpc) is 1.85. The van der Waals surface area contributed by atoms with Crippen molar-refractivity contribution in [3.63, 3.8) is 0 Å². The lowest BCUT2D eigenvalue weighted by molar-refractivity contribution is -0.222. The van der Waals surface area contributed by atoms with Gasteiger partial charge in [0.25, 0.3) is 0 Å². The molecule has 0 fully saturated rings. The first-order valence-corrected chi connectivity index (χ1v) is 3.23. The van der Waals surface area contributed by atoms with Gasteiger partial charge in [-0.2, -0.15) is 4.39 Å². The van der Waals surface area contributed by atoms with Crippen LogP contribution < -0.4 is 4.74 Å². The molecule has 0 aliphatic carbocycles. The number of alkyl halides is 1. The van der Waals surface area contributed by atoms with Gasteiger partial charge >= 0.3 is 6.04 Å². The van der Waals surface area contributed by atoms with Crippen molar-refractivity contribution in [3.05, 3.63) is 30.3 Å². The lowest BCUT2D eigenvalue weighted by Crippen LogP contribution is -2.24. The molecule has 1 N–H and O–H groups in total. The fourth-order valence-electron chi connectivity index (χ4n) is 0.704. The van der Waals surface area contributed by atoms with Gasteiger partial charge in [0.05, 0.1) is 0 Å². The molecule has 1 rings (SSSR count). The Balaban J connectivity index is 2.66. The number of benzene rings is 1. The van der Waals surface area contributed by atoms with Crippen LogP contribution in [0.5, 0.6) is 5.75 Å². The second-order valence-corrected chi connectivity index (χ2v) is 2.28. The Hall–Kier alpha value is -1.09. The van der Waals surface area contributed by atoms with E-state index in [-0.39, 0.29) is 0 Å². The highest BCUT2D eigenvalue weighted by atomic mass is 19.2. The van der Waals surface area contributed by atoms with Crippen LogP contribution in [-0.4, -0.2) is 11.1 Å². The van der Waals surface area contributed by atoms with Crippen LogP contribution in [0.2, 0.25) is 0 Å². The minimum atomic E-state index is -2.60. The van der Waals surface area contributed by atoms with Crippen LogP contribution in [0.25, 0.3) is 0 Å². The Morgan fingerprint density at radius 1 is 1.36 bits per heavy atom. The maximum atomic E-state index is 12.4. The zero-order valence-corrected chi connectivity index (χ0v) is 6.12. The second-order valence-electron chi connectivity index (χ2n) is 2.28. The average molecular weight is 156 g/mol. The van der Waals surface area contributed by atoms with Crippen LogP contribution in [-0.2, 0) is 0 Å². The van der Waals surface area contributed by atoms with E-state index in [4.69, 9.17) is 5.11 Å². The predicted octanol–water partition coefficient (Wildman–Crippen LogP) is 1.70. The van der Waals surface area contributed by atoms with E-state index in [2.05, 4.69) is 4.74 Å². The molecule has 2 nitrogen and oxygen atoms in total. The smallest absolute Gasteiger partial charge is 0.357 e. The number of para-hydroxylation sites is 1. The topological polar surface area (TPSA) is 29.5 Å². The molecule has 0 saturated carbocycles. The zero-order valence-electron chi connectivity index (χ0n) is 6.12. The highest BCUT2D eigenvalue weighted by molar-refractivity contribution is 5.21. The molecule has 60 valence electrons. The van der Waals surface area contributed by atoms with Gasteiger partial charge in [0.1, 0.15) is 5.75 Å². The third-order valence-electron chi connectivity index (χ3n) is 1.05. The Labute approximate surface area is 64.2 Å². The van der Waals surface area contributed by atoms with Crippen molar-refractivity contribution in [1.29, 1.82) is 0 Å². The molecule has 11 heavy (non-hydrogen) atoms. The number of halogens is 1. The first-order chi connectivity index (χ1) is 5.08. The highest BCUT2D eigenvalue weighted by Gasteiger charge is 2.19. The van der Waals surface area contributed by atoms with Gasteiger partial charge in [0.15, 0.2) is 0 Å². The molecule has 0 aromatic heterocycles. The van der Waals surface area contributed by atoms with E-state index in [1.54, 1.807) is 30.3 Å². The maximum absolute atomic E-state index is 12.4. The number of hydrogen-bond donors (Lipinski definition) is 1. The number of aliphatic hydroxyl groups is 1. The number of hydrogen-bond acceptors (Lipinski definition) is 2. The molecular weight excluding hydrogens is 147 g/mol. The van der Waals surface area contributed by atoms with Gasteiger partial charge in [-0.05, 0) is 12.1 Å². The SMILES string of the molecule is CC(O)(F)Oc1ccccc1. The van der Waals surface area contributed by atoms with Crippen LogP contribution in [0.1, 0.15) is 6.92 Å². The van der Waals surface area contributed by atoms with Gasteiger partial charge in [0.2, 0.25) is 0 Å². The summed E-state index contributed by atoms with van der Waals surface area (Å²) in [5, 5.41) is 8.58. The van der Waals surface area contributed by atoms with Crippen LogP contribution in [0.15, 0.2) is 30.3 Å². The van der Waals surface area contributed by atoms with Crippen LogP contribution in [0.3, 0.4) is 0 Å². The van der Waals surface area contributed by atoms with Gasteiger partial charge in [-0.15, -0.1) is 0 Å². The van der Waals surface area contributed by atoms with E-state index in [0.717, 1.165) is 6.92 Å². The normalized spacial score (nSPS) is 15.5. The number of rotatable bonds is 2. The van der Waals surface area contributed by atoms with E-state index >= 15 is 0 Å². The molecule has 0 aliphatic rings. The van der Waals surface area contributed by atoms with Crippen molar-refractivity contribution in [2.45, 2.75) is 13.0 Å². The molecule has 0 saturated heterocycles. The summed E-state index contributed by atoms with van der Waals surface area (Å²) in [7, 11) is 0. The lowest BCUT2D eigenvalue weighted by Gasteiger charge is -2.14. The molecule has 1 atom stereocenters. The van der Waals surface area contributed by atoms with E-state index in [1.165, 1.54) is 0 Å². The van der Waals surface area contributed by atoms with Crippen LogP contribution in [0, 0.1) is 0 Å². The summed E-state index contributed by atoms with van der Waals surface area (Å²) in [6.45, 7) is 0.931. The van der Waals surface area contributed by atoms with E-state index in [1.807, 2.05) is 0 Å². The Morgan fingerprint density at radius 3 is 2.36 bits per heavy atom. The molecule has 0 bridgehead atoms. The van der Waals surface area contributed by atoms with Gasteiger partial charge in [-0.3, -0.25) is 0 Å². The van der Waals surface area contributed by atoms with Crippen molar-refractivity contribution in [3.8, 4) is 5.75 Å². The molecule has 0 spiro atoms. The first kappa shape index (κ1) is 8.01. The van der Waals surface area contributed by atoms with Crippen LogP contribution in [0.4, 0.5) is 4.39 Å². The zero-order chi connectivity index (χ0) is 8.32. The molecule has 1 aromatic rings. The predicted molar refractivity (Wildman–Crippen MR) is 38.8 cm³/mol. The Bertz CT molecular complexity index is 215. The first-order valence-electron chi connectivity index (χ1n) is 3.23. The van der Waals surface area contributed by atoms with Crippen molar-refractivity contribution < 1.29 is 14.2 Å². The standard InChI is InChI=1S/C8H9FO2/c1-8(9,10)11-7-5-3-2-4-6-7/h2-6,10H,1H3. The molecule has 1 aromatic carbocycles. The Morgan fingerprint density at radius 2 is 1.91 bits per heavy atom. The largest absolute Gasteiger partial charge is 0.436 e. The molecule has 0 aliphatic heterocycles. The van der Waals surface area contributed by atoms with Gasteiger partial charge in [0, 0.05) is 6.92 Å². The summed E-state index contributed by atoms with van der Waals surface area (Å²) in [5.41, 5.74) is 0. The minimum Gasteiger partial charge on any atom is -0.436 e. The van der Waals surface area contributed by atoms with Crippen molar-refractivity contribution >= 4 is 0 Å². The van der Waals surface area contributed by atoms with Crippen molar-refractivity contribution in [1.82, 2.24) is 0 Å². The third kappa shape index (κ3) is 3.00. The highest BCUT2D eigenvalue weighted by Crippen LogP contribution is 2.15. The van der Waals surface area contributed by atoms with Gasteiger partial charge < -0.3 is 9.84 Å². The maximum Gasteiger partial charge on any atom is 0.357 e. The summed E-state index contributed by atoms with van der Waals surface area (Å²) >= 11 is 0. The van der Waals surface area contributed by atoms with Gasteiger partial charge in [-0.25, -0.2) is 0 Å². The van der Waals surface area contributed by atoms with Crippen LogP contribution >= 0.6 is 0 Å². The third-order valence-corrected chi connectivity index (χ3v) is 1.05. The fraction of sp³-hybridized carbons (Fsp3) is 0.250. The summed E-state index contributed by atoms with van der Waals surface area (Å²) in [6, 6.07) is 5.70. The molecular formula is C8H9FO2. The summed E-state index contributed by atoms with van der Waals surface area (Å²) in [5.74, 6) is 0.306. The summed E-state index contributed by atoms with van der Waals surface area (Å²) < 4.78 is 16.9. The Kier molecular flexibility index (Phi) is 2.10. The molecule has 1 unspecified atom stereocenters. The van der Waals surface area contributed by atoms with E-state index in [0.29, 0.717) is 5.75 Å². The molecule has 0 radical (unpaired) electrons. The lowest BCUT2D eigenvalue weighted by atomic mass is 10.3. The van der Waals surface area contributed by atoms with Crippen molar-refractivity contribution in [2.75, 3.05) is 0 Å².